The summed E-state index contributed by atoms with van der Waals surface area (Å²) in [4.78, 5) is 13.7. The monoisotopic (exact) mass is 243 g/mol. The minimum Gasteiger partial charge on any atom is -0.481 e. The number of hydrogen-bond donors (Lipinski definition) is 1. The predicted molar refractivity (Wildman–Crippen MR) is 62.0 cm³/mol. The summed E-state index contributed by atoms with van der Waals surface area (Å²) >= 11 is 0. The average Bonchev–Trinajstić information content (AvgIpc) is 2.30. The summed E-state index contributed by atoms with van der Waals surface area (Å²) in [6, 6.07) is 0. The molecule has 0 bridgehead atoms. The maximum atomic E-state index is 11.5. The second kappa shape index (κ2) is 5.33. The van der Waals surface area contributed by atoms with E-state index in [1.54, 1.807) is 0 Å². The van der Waals surface area contributed by atoms with Gasteiger partial charge in [0.2, 0.25) is 0 Å². The Morgan fingerprint density at radius 3 is 2.94 bits per heavy atom. The van der Waals surface area contributed by atoms with Crippen LogP contribution in [0.3, 0.4) is 0 Å². The zero-order chi connectivity index (χ0) is 12.3. The van der Waals surface area contributed by atoms with Crippen LogP contribution in [0.25, 0.3) is 0 Å². The van der Waals surface area contributed by atoms with Gasteiger partial charge in [0.25, 0.3) is 0 Å². The minimum atomic E-state index is -0.726. The summed E-state index contributed by atoms with van der Waals surface area (Å²) in [7, 11) is 0. The lowest BCUT2D eigenvalue weighted by Gasteiger charge is -2.40. The van der Waals surface area contributed by atoms with Crippen LogP contribution in [0.15, 0.2) is 0 Å². The van der Waals surface area contributed by atoms with Crippen LogP contribution in [0.4, 0.5) is 0 Å². The van der Waals surface area contributed by atoms with Gasteiger partial charge in [-0.15, -0.1) is 0 Å². The molecule has 0 aromatic rings. The van der Waals surface area contributed by atoms with Crippen LogP contribution in [-0.4, -0.2) is 61.5 Å². The van der Waals surface area contributed by atoms with Gasteiger partial charge in [-0.3, -0.25) is 9.69 Å². The van der Waals surface area contributed by atoms with E-state index in [2.05, 4.69) is 4.90 Å². The molecule has 2 unspecified atom stereocenters. The number of aliphatic carboxylic acids is 1. The fourth-order valence-corrected chi connectivity index (χ4v) is 2.68. The van der Waals surface area contributed by atoms with Crippen molar-refractivity contribution in [2.45, 2.75) is 25.9 Å². The van der Waals surface area contributed by atoms with Gasteiger partial charge in [-0.2, -0.15) is 0 Å². The third kappa shape index (κ3) is 2.97. The fraction of sp³-hybridized carbons (Fsp3) is 0.917. The molecule has 17 heavy (non-hydrogen) atoms. The van der Waals surface area contributed by atoms with Crippen molar-refractivity contribution in [1.29, 1.82) is 0 Å². The summed E-state index contributed by atoms with van der Waals surface area (Å²) in [5.74, 6) is -0.726. The van der Waals surface area contributed by atoms with Crippen LogP contribution in [0.1, 0.15) is 19.8 Å². The zero-order valence-corrected chi connectivity index (χ0v) is 10.4. The summed E-state index contributed by atoms with van der Waals surface area (Å²) in [5.41, 5.74) is -0.713. The third-order valence-electron chi connectivity index (χ3n) is 3.63. The molecule has 0 spiro atoms. The van der Waals surface area contributed by atoms with E-state index in [1.165, 1.54) is 0 Å². The second-order valence-corrected chi connectivity index (χ2v) is 5.16. The van der Waals surface area contributed by atoms with Crippen molar-refractivity contribution in [2.24, 2.45) is 5.41 Å². The number of hydrogen-bond acceptors (Lipinski definition) is 4. The highest BCUT2D eigenvalue weighted by Crippen LogP contribution is 2.30. The van der Waals surface area contributed by atoms with Crippen LogP contribution < -0.4 is 0 Å². The van der Waals surface area contributed by atoms with Crippen molar-refractivity contribution in [2.75, 3.05) is 39.5 Å². The zero-order valence-electron chi connectivity index (χ0n) is 10.4. The van der Waals surface area contributed by atoms with Crippen molar-refractivity contribution in [3.8, 4) is 0 Å². The summed E-state index contributed by atoms with van der Waals surface area (Å²) in [6.45, 7) is 5.96. The van der Waals surface area contributed by atoms with E-state index in [-0.39, 0.29) is 6.10 Å². The molecule has 0 aromatic carbocycles. The Morgan fingerprint density at radius 1 is 1.53 bits per heavy atom. The summed E-state index contributed by atoms with van der Waals surface area (Å²) in [5, 5.41) is 9.45. The first-order valence-electron chi connectivity index (χ1n) is 6.27. The molecule has 2 rings (SSSR count). The number of ether oxygens (including phenoxy) is 2. The van der Waals surface area contributed by atoms with E-state index in [0.29, 0.717) is 32.8 Å². The smallest absolute Gasteiger partial charge is 0.313 e. The Kier molecular flexibility index (Phi) is 4.01. The standard InChI is InChI=1S/C12H21NO4/c1-10-7-13(4-6-17-10)8-12(11(14)15)3-2-5-16-9-12/h10H,2-9H2,1H3,(H,14,15). The largest absolute Gasteiger partial charge is 0.481 e. The van der Waals surface area contributed by atoms with Crippen molar-refractivity contribution in [3.05, 3.63) is 0 Å². The summed E-state index contributed by atoms with van der Waals surface area (Å²) < 4.78 is 10.8. The third-order valence-corrected chi connectivity index (χ3v) is 3.63. The molecule has 5 heteroatoms. The Hall–Kier alpha value is -0.650. The van der Waals surface area contributed by atoms with Crippen molar-refractivity contribution < 1.29 is 19.4 Å². The SMILES string of the molecule is CC1CN(CC2(C(=O)O)CCCOC2)CCO1. The molecular weight excluding hydrogens is 222 g/mol. The molecule has 1 N–H and O–H groups in total. The van der Waals surface area contributed by atoms with Gasteiger partial charge in [-0.1, -0.05) is 0 Å². The first-order chi connectivity index (χ1) is 8.12. The van der Waals surface area contributed by atoms with Gasteiger partial charge >= 0.3 is 5.97 Å². The molecule has 2 heterocycles. The number of rotatable bonds is 3. The molecule has 2 atom stereocenters. The van der Waals surface area contributed by atoms with Gasteiger partial charge in [-0.05, 0) is 19.8 Å². The lowest BCUT2D eigenvalue weighted by Crippen LogP contribution is -2.52. The van der Waals surface area contributed by atoms with Gasteiger partial charge < -0.3 is 14.6 Å². The molecule has 2 aliphatic rings. The molecule has 98 valence electrons. The maximum absolute atomic E-state index is 11.5. The second-order valence-electron chi connectivity index (χ2n) is 5.16. The van der Waals surface area contributed by atoms with Crippen molar-refractivity contribution >= 4 is 5.97 Å². The van der Waals surface area contributed by atoms with Crippen LogP contribution >= 0.6 is 0 Å². The van der Waals surface area contributed by atoms with Crippen molar-refractivity contribution in [3.63, 3.8) is 0 Å². The topological polar surface area (TPSA) is 59.0 Å². The van der Waals surface area contributed by atoms with Crippen molar-refractivity contribution in [1.82, 2.24) is 4.90 Å². The number of nitrogens with zero attached hydrogens (tertiary/aromatic N) is 1. The molecule has 0 aromatic heterocycles. The number of morpholine rings is 1. The quantitative estimate of drug-likeness (QED) is 0.786. The van der Waals surface area contributed by atoms with Crippen LogP contribution in [0.2, 0.25) is 0 Å². The number of carbonyl (C=O) groups is 1. The maximum Gasteiger partial charge on any atom is 0.313 e. The lowest BCUT2D eigenvalue weighted by molar-refractivity contribution is -0.161. The first-order valence-corrected chi connectivity index (χ1v) is 6.27. The van der Waals surface area contributed by atoms with E-state index in [1.807, 2.05) is 6.92 Å². The molecule has 0 saturated carbocycles. The van der Waals surface area contributed by atoms with Gasteiger partial charge in [0.05, 0.1) is 19.3 Å². The molecule has 2 fully saturated rings. The predicted octanol–water partition coefficient (Wildman–Crippen LogP) is 0.589. The van der Waals surface area contributed by atoms with Gasteiger partial charge in [-0.25, -0.2) is 0 Å². The Bertz CT molecular complexity index is 276. The normalized spacial score (nSPS) is 35.7. The fourth-order valence-electron chi connectivity index (χ4n) is 2.68. The van der Waals surface area contributed by atoms with E-state index in [0.717, 1.165) is 19.5 Å². The molecule has 2 aliphatic heterocycles. The summed E-state index contributed by atoms with van der Waals surface area (Å²) in [6.07, 6.45) is 1.75. The molecule has 0 radical (unpaired) electrons. The molecule has 2 saturated heterocycles. The highest BCUT2D eigenvalue weighted by atomic mass is 16.5. The first kappa shape index (κ1) is 12.8. The minimum absolute atomic E-state index is 0.194. The van der Waals surface area contributed by atoms with Crippen LogP contribution in [-0.2, 0) is 14.3 Å². The van der Waals surface area contributed by atoms with E-state index >= 15 is 0 Å². The lowest BCUT2D eigenvalue weighted by atomic mass is 9.82. The molecule has 0 amide bonds. The Morgan fingerprint density at radius 2 is 2.35 bits per heavy atom. The number of carboxylic acid groups (broad SMARTS) is 1. The number of carboxylic acids is 1. The van der Waals surface area contributed by atoms with Gasteiger partial charge in [0, 0.05) is 26.2 Å². The van der Waals surface area contributed by atoms with Gasteiger partial charge in [0.1, 0.15) is 5.41 Å². The average molecular weight is 243 g/mol. The Balaban J connectivity index is 1.99. The van der Waals surface area contributed by atoms with Gasteiger partial charge in [0.15, 0.2) is 0 Å². The van der Waals surface area contributed by atoms with E-state index < -0.39 is 11.4 Å². The highest BCUT2D eigenvalue weighted by molar-refractivity contribution is 5.75. The van der Waals surface area contributed by atoms with E-state index in [9.17, 15) is 9.90 Å². The van der Waals surface area contributed by atoms with Crippen LogP contribution in [0, 0.1) is 5.41 Å². The molecule has 5 nitrogen and oxygen atoms in total. The van der Waals surface area contributed by atoms with E-state index in [4.69, 9.17) is 9.47 Å². The molecule has 0 aliphatic carbocycles. The Labute approximate surface area is 102 Å². The van der Waals surface area contributed by atoms with Crippen LogP contribution in [0.5, 0.6) is 0 Å². The highest BCUT2D eigenvalue weighted by Gasteiger charge is 2.42. The molecular formula is C12H21NO4.